The molecule has 6 nitrogen and oxygen atoms in total. The van der Waals surface area contributed by atoms with Crippen LogP contribution in [0.1, 0.15) is 27.2 Å². The molecule has 1 fully saturated rings. The van der Waals surface area contributed by atoms with Gasteiger partial charge in [-0.1, -0.05) is 6.07 Å². The number of alkyl halides is 3. The molecule has 2 heterocycles. The number of aryl methyl sites for hydroxylation is 2. The molecule has 2 aromatic carbocycles. The van der Waals surface area contributed by atoms with Crippen LogP contribution in [-0.4, -0.2) is 54.7 Å². The Hall–Kier alpha value is -2.85. The highest BCUT2D eigenvalue weighted by Gasteiger charge is 2.34. The quantitative estimate of drug-likeness (QED) is 0.637. The molecule has 0 bridgehead atoms. The maximum absolute atomic E-state index is 13.0. The number of H-pyrrole nitrogens is 1. The van der Waals surface area contributed by atoms with Crippen LogP contribution in [-0.2, 0) is 16.2 Å². The van der Waals surface area contributed by atoms with Crippen molar-refractivity contribution in [3.63, 3.8) is 0 Å². The van der Waals surface area contributed by atoms with E-state index in [4.69, 9.17) is 0 Å². The molecule has 0 aliphatic carbocycles. The Kier molecular flexibility index (Phi) is 5.54. The van der Waals surface area contributed by atoms with Crippen molar-refractivity contribution in [2.45, 2.75) is 24.9 Å². The standard InChI is InChI=1S/C22H22F3N3O3S/c1-14-15(2)26-20-7-6-16(12-19(14)20)21(29)27-8-10-28(11-9-27)32(30,31)18-5-3-4-17(13-18)22(23,24)25/h3-7,12-13,26H,8-11H2,1-2H3. The molecule has 1 aliphatic heterocycles. The van der Waals surface area contributed by atoms with Crippen LogP contribution in [0.2, 0.25) is 0 Å². The molecule has 10 heteroatoms. The number of hydrogen-bond acceptors (Lipinski definition) is 3. The molecule has 1 N–H and O–H groups in total. The second kappa shape index (κ2) is 7.93. The van der Waals surface area contributed by atoms with E-state index in [0.29, 0.717) is 11.6 Å². The maximum atomic E-state index is 13.0. The molecular formula is C22H22F3N3O3S. The molecule has 4 rings (SSSR count). The number of fused-ring (bicyclic) bond motifs is 1. The summed E-state index contributed by atoms with van der Waals surface area (Å²) in [4.78, 5) is 17.4. The van der Waals surface area contributed by atoms with E-state index in [0.717, 1.165) is 44.7 Å². The lowest BCUT2D eigenvalue weighted by Gasteiger charge is -2.34. The highest BCUT2D eigenvalue weighted by Crippen LogP contribution is 2.31. The van der Waals surface area contributed by atoms with Crippen LogP contribution < -0.4 is 0 Å². The highest BCUT2D eigenvalue weighted by molar-refractivity contribution is 7.89. The fourth-order valence-corrected chi connectivity index (χ4v) is 5.36. The van der Waals surface area contributed by atoms with Gasteiger partial charge in [0.15, 0.2) is 0 Å². The molecule has 32 heavy (non-hydrogen) atoms. The SMILES string of the molecule is Cc1[nH]c2ccc(C(=O)N3CCN(S(=O)(=O)c4cccc(C(F)(F)F)c4)CC3)cc2c1C. The van der Waals surface area contributed by atoms with Crippen molar-refractivity contribution in [2.24, 2.45) is 0 Å². The van der Waals surface area contributed by atoms with Crippen LogP contribution in [0, 0.1) is 13.8 Å². The lowest BCUT2D eigenvalue weighted by atomic mass is 10.1. The Morgan fingerprint density at radius 2 is 1.69 bits per heavy atom. The van der Waals surface area contributed by atoms with Crippen LogP contribution in [0.25, 0.3) is 10.9 Å². The van der Waals surface area contributed by atoms with E-state index in [2.05, 4.69) is 4.98 Å². The third-order valence-corrected chi connectivity index (χ3v) is 7.77. The first-order valence-corrected chi connectivity index (χ1v) is 11.5. The minimum absolute atomic E-state index is 0.00878. The summed E-state index contributed by atoms with van der Waals surface area (Å²) in [5.41, 5.74) is 2.52. The number of amides is 1. The number of halogens is 3. The minimum atomic E-state index is -4.63. The normalized spacial score (nSPS) is 16.0. The van der Waals surface area contributed by atoms with Gasteiger partial charge in [-0.15, -0.1) is 0 Å². The number of sulfonamides is 1. The first kappa shape index (κ1) is 22.3. The van der Waals surface area contributed by atoms with Gasteiger partial charge in [0.25, 0.3) is 5.91 Å². The molecule has 0 atom stereocenters. The van der Waals surface area contributed by atoms with Gasteiger partial charge in [0, 0.05) is 48.3 Å². The van der Waals surface area contributed by atoms with Crippen molar-refractivity contribution in [2.75, 3.05) is 26.2 Å². The van der Waals surface area contributed by atoms with Crippen LogP contribution >= 0.6 is 0 Å². The number of aromatic amines is 1. The first-order valence-electron chi connectivity index (χ1n) is 10.0. The van der Waals surface area contributed by atoms with E-state index in [1.165, 1.54) is 0 Å². The summed E-state index contributed by atoms with van der Waals surface area (Å²) in [6.07, 6.45) is -4.63. The largest absolute Gasteiger partial charge is 0.416 e. The topological polar surface area (TPSA) is 73.5 Å². The predicted octanol–water partition coefficient (Wildman–Crippen LogP) is 3.95. The number of aromatic nitrogens is 1. The fourth-order valence-electron chi connectivity index (χ4n) is 3.89. The fraction of sp³-hybridized carbons (Fsp3) is 0.318. The van der Waals surface area contributed by atoms with E-state index in [9.17, 15) is 26.4 Å². The lowest BCUT2D eigenvalue weighted by Crippen LogP contribution is -2.50. The number of carbonyl (C=O) groups is 1. The molecule has 170 valence electrons. The summed E-state index contributed by atoms with van der Waals surface area (Å²) in [7, 11) is -4.10. The number of nitrogens with one attached hydrogen (secondary N) is 1. The molecular weight excluding hydrogens is 443 g/mol. The van der Waals surface area contributed by atoms with Gasteiger partial charge < -0.3 is 9.88 Å². The van der Waals surface area contributed by atoms with Crippen LogP contribution in [0.15, 0.2) is 47.4 Å². The molecule has 3 aromatic rings. The van der Waals surface area contributed by atoms with Crippen molar-refractivity contribution in [1.82, 2.24) is 14.2 Å². The second-order valence-corrected chi connectivity index (χ2v) is 9.80. The lowest BCUT2D eigenvalue weighted by molar-refractivity contribution is -0.137. The number of benzene rings is 2. The van der Waals surface area contributed by atoms with E-state index < -0.39 is 26.7 Å². The average Bonchev–Trinajstić information content (AvgIpc) is 3.06. The molecule has 0 radical (unpaired) electrons. The average molecular weight is 465 g/mol. The number of nitrogens with zero attached hydrogens (tertiary/aromatic N) is 2. The summed E-state index contributed by atoms with van der Waals surface area (Å²) in [5.74, 6) is -0.207. The van der Waals surface area contributed by atoms with Gasteiger partial charge in [0.2, 0.25) is 10.0 Å². The van der Waals surface area contributed by atoms with E-state index in [-0.39, 0.29) is 32.1 Å². The Morgan fingerprint density at radius 1 is 1.00 bits per heavy atom. The number of carbonyl (C=O) groups excluding carboxylic acids is 1. The predicted molar refractivity (Wildman–Crippen MR) is 114 cm³/mol. The molecule has 1 aromatic heterocycles. The van der Waals surface area contributed by atoms with Crippen molar-refractivity contribution < 1.29 is 26.4 Å². The van der Waals surface area contributed by atoms with Gasteiger partial charge in [-0.2, -0.15) is 17.5 Å². The third kappa shape index (κ3) is 4.00. The highest BCUT2D eigenvalue weighted by atomic mass is 32.2. The maximum Gasteiger partial charge on any atom is 0.416 e. The van der Waals surface area contributed by atoms with Gasteiger partial charge >= 0.3 is 6.18 Å². The number of rotatable bonds is 3. The van der Waals surface area contributed by atoms with E-state index in [1.807, 2.05) is 26.0 Å². The molecule has 1 amide bonds. The van der Waals surface area contributed by atoms with Crippen LogP contribution in [0.4, 0.5) is 13.2 Å². The summed E-state index contributed by atoms with van der Waals surface area (Å²) < 4.78 is 65.7. The monoisotopic (exact) mass is 465 g/mol. The smallest absolute Gasteiger partial charge is 0.358 e. The zero-order valence-electron chi connectivity index (χ0n) is 17.5. The van der Waals surface area contributed by atoms with Crippen molar-refractivity contribution >= 4 is 26.8 Å². The Morgan fingerprint density at radius 3 is 2.34 bits per heavy atom. The van der Waals surface area contributed by atoms with Gasteiger partial charge in [-0.3, -0.25) is 4.79 Å². The van der Waals surface area contributed by atoms with Gasteiger partial charge in [0.05, 0.1) is 10.5 Å². The zero-order chi connectivity index (χ0) is 23.3. The van der Waals surface area contributed by atoms with Gasteiger partial charge in [0.1, 0.15) is 0 Å². The number of hydrogen-bond donors (Lipinski definition) is 1. The Labute approximate surface area is 183 Å². The number of piperazine rings is 1. The minimum Gasteiger partial charge on any atom is -0.358 e. The molecule has 1 aliphatic rings. The molecule has 1 saturated heterocycles. The molecule has 0 unspecified atom stereocenters. The van der Waals surface area contributed by atoms with Gasteiger partial charge in [-0.05, 0) is 55.8 Å². The van der Waals surface area contributed by atoms with Gasteiger partial charge in [-0.25, -0.2) is 8.42 Å². The summed E-state index contributed by atoms with van der Waals surface area (Å²) in [6, 6.07) is 9.10. The Bertz CT molecular complexity index is 1290. The van der Waals surface area contributed by atoms with Crippen LogP contribution in [0.5, 0.6) is 0 Å². The molecule has 0 spiro atoms. The summed E-state index contributed by atoms with van der Waals surface area (Å²) in [5, 5.41) is 0.958. The zero-order valence-corrected chi connectivity index (χ0v) is 18.3. The Balaban J connectivity index is 1.49. The molecule has 0 saturated carbocycles. The first-order chi connectivity index (χ1) is 15.0. The van der Waals surface area contributed by atoms with Crippen molar-refractivity contribution in [3.05, 3.63) is 64.8 Å². The van der Waals surface area contributed by atoms with E-state index >= 15 is 0 Å². The van der Waals surface area contributed by atoms with Crippen LogP contribution in [0.3, 0.4) is 0 Å². The summed E-state index contributed by atoms with van der Waals surface area (Å²) >= 11 is 0. The van der Waals surface area contributed by atoms with Crippen molar-refractivity contribution in [3.8, 4) is 0 Å². The summed E-state index contributed by atoms with van der Waals surface area (Å²) in [6.45, 7) is 4.25. The van der Waals surface area contributed by atoms with E-state index in [1.54, 1.807) is 11.0 Å². The second-order valence-electron chi connectivity index (χ2n) is 7.86. The van der Waals surface area contributed by atoms with Crippen molar-refractivity contribution in [1.29, 1.82) is 0 Å². The third-order valence-electron chi connectivity index (χ3n) is 5.88.